The Morgan fingerprint density at radius 1 is 1.21 bits per heavy atom. The van der Waals surface area contributed by atoms with Crippen molar-refractivity contribution < 1.29 is 4.79 Å². The van der Waals surface area contributed by atoms with Crippen LogP contribution in [0.5, 0.6) is 0 Å². The third-order valence-electron chi connectivity index (χ3n) is 4.45. The molecule has 0 saturated carbocycles. The first-order chi connectivity index (χ1) is 11.7. The Bertz CT molecular complexity index is 647. The molecule has 126 valence electrons. The number of aromatic nitrogens is 1. The van der Waals surface area contributed by atoms with Gasteiger partial charge in [0.15, 0.2) is 0 Å². The molecule has 0 aliphatic carbocycles. The number of amides is 2. The van der Waals surface area contributed by atoms with Gasteiger partial charge in [0.1, 0.15) is 0 Å². The highest BCUT2D eigenvalue weighted by molar-refractivity contribution is 5.89. The number of rotatable bonds is 4. The van der Waals surface area contributed by atoms with Gasteiger partial charge in [-0.2, -0.15) is 0 Å². The Hall–Kier alpha value is -2.40. The van der Waals surface area contributed by atoms with Crippen LogP contribution in [0.15, 0.2) is 54.7 Å². The van der Waals surface area contributed by atoms with Gasteiger partial charge in [0.2, 0.25) is 0 Å². The molecule has 24 heavy (non-hydrogen) atoms. The van der Waals surface area contributed by atoms with Gasteiger partial charge >= 0.3 is 6.03 Å². The van der Waals surface area contributed by atoms with Crippen LogP contribution in [0.1, 0.15) is 19.0 Å². The van der Waals surface area contributed by atoms with E-state index in [1.807, 2.05) is 48.7 Å². The number of benzene rings is 1. The predicted molar refractivity (Wildman–Crippen MR) is 95.7 cm³/mol. The molecule has 5 heteroatoms. The molecule has 1 aliphatic rings. The molecule has 0 spiro atoms. The lowest BCUT2D eigenvalue weighted by molar-refractivity contribution is 0.142. The predicted octanol–water partition coefficient (Wildman–Crippen LogP) is 3.11. The number of hydrogen-bond acceptors (Lipinski definition) is 3. The summed E-state index contributed by atoms with van der Waals surface area (Å²) in [7, 11) is 0. The van der Waals surface area contributed by atoms with Crippen molar-refractivity contribution >= 4 is 11.7 Å². The SMILES string of the molecule is C[C@H]1CN(Cc2ccccn2)CC[C@H]1NC(=O)Nc1ccccc1. The Labute approximate surface area is 143 Å². The second-order valence-electron chi connectivity index (χ2n) is 6.39. The molecule has 1 fully saturated rings. The summed E-state index contributed by atoms with van der Waals surface area (Å²) in [5.74, 6) is 0.406. The number of pyridine rings is 1. The Balaban J connectivity index is 1.48. The summed E-state index contributed by atoms with van der Waals surface area (Å²) in [5.41, 5.74) is 1.91. The summed E-state index contributed by atoms with van der Waals surface area (Å²) < 4.78 is 0. The van der Waals surface area contributed by atoms with Crippen LogP contribution < -0.4 is 10.6 Å². The average molecular weight is 324 g/mol. The lowest BCUT2D eigenvalue weighted by Crippen LogP contribution is -2.50. The van der Waals surface area contributed by atoms with Gasteiger partial charge in [0.25, 0.3) is 0 Å². The molecule has 2 atom stereocenters. The minimum atomic E-state index is -0.128. The number of likely N-dealkylation sites (tertiary alicyclic amines) is 1. The lowest BCUT2D eigenvalue weighted by Gasteiger charge is -2.37. The van der Waals surface area contributed by atoms with Crippen molar-refractivity contribution in [3.05, 3.63) is 60.4 Å². The number of anilines is 1. The maximum atomic E-state index is 12.2. The van der Waals surface area contributed by atoms with Crippen LogP contribution in [0.25, 0.3) is 0 Å². The van der Waals surface area contributed by atoms with Gasteiger partial charge in [0.05, 0.1) is 5.69 Å². The highest BCUT2D eigenvalue weighted by Gasteiger charge is 2.27. The van der Waals surface area contributed by atoms with Gasteiger partial charge in [-0.1, -0.05) is 31.2 Å². The van der Waals surface area contributed by atoms with Crippen LogP contribution in [0.2, 0.25) is 0 Å². The zero-order valence-corrected chi connectivity index (χ0v) is 14.0. The minimum Gasteiger partial charge on any atom is -0.335 e. The van der Waals surface area contributed by atoms with Gasteiger partial charge in [0, 0.05) is 37.6 Å². The molecule has 1 saturated heterocycles. The van der Waals surface area contributed by atoms with E-state index in [2.05, 4.69) is 33.5 Å². The molecule has 1 aromatic heterocycles. The van der Waals surface area contributed by atoms with Crippen LogP contribution in [0, 0.1) is 5.92 Å². The first-order valence-corrected chi connectivity index (χ1v) is 8.45. The number of carbonyl (C=O) groups is 1. The van der Waals surface area contributed by atoms with E-state index in [9.17, 15) is 4.79 Å². The van der Waals surface area contributed by atoms with Gasteiger partial charge in [-0.3, -0.25) is 9.88 Å². The molecule has 1 aromatic carbocycles. The van der Waals surface area contributed by atoms with Crippen molar-refractivity contribution in [1.29, 1.82) is 0 Å². The summed E-state index contributed by atoms with van der Waals surface area (Å²) in [6.45, 7) is 5.00. The number of urea groups is 1. The monoisotopic (exact) mass is 324 g/mol. The van der Waals surface area contributed by atoms with Crippen molar-refractivity contribution in [2.45, 2.75) is 25.9 Å². The fraction of sp³-hybridized carbons (Fsp3) is 0.368. The second-order valence-corrected chi connectivity index (χ2v) is 6.39. The standard InChI is InChI=1S/C19H24N4O/c1-15-13-23(14-17-9-5-6-11-20-17)12-10-18(15)22-19(24)21-16-7-3-2-4-8-16/h2-9,11,15,18H,10,12-14H2,1H3,(H2,21,22,24)/t15-,18+/m0/s1. The van der Waals surface area contributed by atoms with Gasteiger partial charge in [-0.05, 0) is 36.6 Å². The average Bonchev–Trinajstić information content (AvgIpc) is 2.59. The fourth-order valence-electron chi connectivity index (χ4n) is 3.17. The van der Waals surface area contributed by atoms with E-state index in [1.165, 1.54) is 0 Å². The maximum Gasteiger partial charge on any atom is 0.319 e. The summed E-state index contributed by atoms with van der Waals surface area (Å²) >= 11 is 0. The fourth-order valence-corrected chi connectivity index (χ4v) is 3.17. The van der Waals surface area contributed by atoms with E-state index >= 15 is 0 Å². The van der Waals surface area contributed by atoms with E-state index in [-0.39, 0.29) is 12.1 Å². The Morgan fingerprint density at radius 2 is 2.00 bits per heavy atom. The summed E-state index contributed by atoms with van der Waals surface area (Å²) in [4.78, 5) is 18.9. The molecule has 2 amide bonds. The van der Waals surface area contributed by atoms with Crippen LogP contribution in [-0.4, -0.2) is 35.0 Å². The smallest absolute Gasteiger partial charge is 0.319 e. The van der Waals surface area contributed by atoms with E-state index < -0.39 is 0 Å². The van der Waals surface area contributed by atoms with Gasteiger partial charge in [-0.25, -0.2) is 4.79 Å². The minimum absolute atomic E-state index is 0.128. The molecule has 2 aromatic rings. The number of nitrogens with one attached hydrogen (secondary N) is 2. The summed E-state index contributed by atoms with van der Waals surface area (Å²) in [5, 5.41) is 6.00. The third-order valence-corrected chi connectivity index (χ3v) is 4.45. The van der Waals surface area contributed by atoms with Crippen LogP contribution in [0.3, 0.4) is 0 Å². The molecule has 0 unspecified atom stereocenters. The lowest BCUT2D eigenvalue weighted by atomic mass is 9.94. The quantitative estimate of drug-likeness (QED) is 0.908. The Kier molecular flexibility index (Phi) is 5.43. The molecular formula is C19H24N4O. The maximum absolute atomic E-state index is 12.2. The number of carbonyl (C=O) groups excluding carboxylic acids is 1. The van der Waals surface area contributed by atoms with Crippen LogP contribution in [-0.2, 0) is 6.54 Å². The van der Waals surface area contributed by atoms with E-state index in [0.29, 0.717) is 5.92 Å². The molecule has 3 rings (SSSR count). The van der Waals surface area contributed by atoms with Gasteiger partial charge in [-0.15, -0.1) is 0 Å². The number of nitrogens with zero attached hydrogens (tertiary/aromatic N) is 2. The molecule has 2 heterocycles. The largest absolute Gasteiger partial charge is 0.335 e. The topological polar surface area (TPSA) is 57.3 Å². The highest BCUT2D eigenvalue weighted by atomic mass is 16.2. The van der Waals surface area contributed by atoms with Crippen molar-refractivity contribution in [2.75, 3.05) is 18.4 Å². The van der Waals surface area contributed by atoms with E-state index in [1.54, 1.807) is 0 Å². The Morgan fingerprint density at radius 3 is 2.71 bits per heavy atom. The molecular weight excluding hydrogens is 300 g/mol. The molecule has 1 aliphatic heterocycles. The number of para-hydroxylation sites is 1. The number of piperidine rings is 1. The zero-order valence-electron chi connectivity index (χ0n) is 14.0. The normalized spacial score (nSPS) is 21.2. The van der Waals surface area contributed by atoms with Crippen molar-refractivity contribution in [1.82, 2.24) is 15.2 Å². The molecule has 0 radical (unpaired) electrons. The molecule has 0 bridgehead atoms. The second kappa shape index (κ2) is 7.93. The third kappa shape index (κ3) is 4.55. The zero-order chi connectivity index (χ0) is 16.8. The first kappa shape index (κ1) is 16.5. The summed E-state index contributed by atoms with van der Waals surface area (Å²) in [6, 6.07) is 15.6. The van der Waals surface area contributed by atoms with Crippen molar-refractivity contribution in [2.24, 2.45) is 5.92 Å². The van der Waals surface area contributed by atoms with Crippen molar-refractivity contribution in [3.8, 4) is 0 Å². The highest BCUT2D eigenvalue weighted by Crippen LogP contribution is 2.18. The molecule has 2 N–H and O–H groups in total. The number of hydrogen-bond donors (Lipinski definition) is 2. The first-order valence-electron chi connectivity index (χ1n) is 8.45. The van der Waals surface area contributed by atoms with Crippen LogP contribution >= 0.6 is 0 Å². The van der Waals surface area contributed by atoms with Crippen molar-refractivity contribution in [3.63, 3.8) is 0 Å². The molecule has 5 nitrogen and oxygen atoms in total. The van der Waals surface area contributed by atoms with E-state index in [4.69, 9.17) is 0 Å². The summed E-state index contributed by atoms with van der Waals surface area (Å²) in [6.07, 6.45) is 2.79. The van der Waals surface area contributed by atoms with E-state index in [0.717, 1.165) is 37.4 Å². The van der Waals surface area contributed by atoms with Crippen LogP contribution in [0.4, 0.5) is 10.5 Å². The van der Waals surface area contributed by atoms with Gasteiger partial charge < -0.3 is 10.6 Å².